The van der Waals surface area contributed by atoms with Gasteiger partial charge in [-0.05, 0) is 24.1 Å². The van der Waals surface area contributed by atoms with Gasteiger partial charge in [0.25, 0.3) is 0 Å². The Hall–Kier alpha value is -2.33. The molecule has 0 saturated carbocycles. The predicted octanol–water partition coefficient (Wildman–Crippen LogP) is 3.83. The van der Waals surface area contributed by atoms with Gasteiger partial charge in [-0.15, -0.1) is 0 Å². The number of rotatable bonds is 8. The molecule has 5 heteroatoms. The van der Waals surface area contributed by atoms with E-state index in [1.165, 1.54) is 0 Å². The lowest BCUT2D eigenvalue weighted by molar-refractivity contribution is -0.141. The van der Waals surface area contributed by atoms with Crippen LogP contribution < -0.4 is 5.32 Å². The average Bonchev–Trinajstić information content (AvgIpc) is 2.66. The number of halogens is 1. The van der Waals surface area contributed by atoms with Crippen molar-refractivity contribution in [3.63, 3.8) is 0 Å². The first kappa shape index (κ1) is 20.0. The molecule has 2 rings (SSSR count). The number of hydrogen-bond donors (Lipinski definition) is 1. The standard InChI is InChI=1S/C21H25ClN2O2/c1-3-20(25)24(15-17-12-8-9-13-18(17)22)19(21(26)23-4-2)14-16-10-6-5-7-11-16/h5-13,19H,3-4,14-15H2,1-2H3,(H,23,26)/t19-/m1/s1. The lowest BCUT2D eigenvalue weighted by Gasteiger charge is -2.31. The molecule has 2 aromatic rings. The van der Waals surface area contributed by atoms with Crippen molar-refractivity contribution in [2.75, 3.05) is 6.54 Å². The molecule has 0 aliphatic carbocycles. The average molecular weight is 373 g/mol. The normalized spacial score (nSPS) is 11.7. The smallest absolute Gasteiger partial charge is 0.243 e. The molecule has 0 radical (unpaired) electrons. The van der Waals surface area contributed by atoms with E-state index in [1.54, 1.807) is 17.9 Å². The minimum atomic E-state index is -0.582. The quantitative estimate of drug-likeness (QED) is 0.765. The third-order valence-electron chi connectivity index (χ3n) is 4.22. The molecule has 0 bridgehead atoms. The van der Waals surface area contributed by atoms with Gasteiger partial charge in [0.2, 0.25) is 11.8 Å². The molecule has 0 fully saturated rings. The van der Waals surface area contributed by atoms with Gasteiger partial charge in [-0.2, -0.15) is 0 Å². The Morgan fingerprint density at radius 2 is 1.69 bits per heavy atom. The van der Waals surface area contributed by atoms with Gasteiger partial charge in [-0.25, -0.2) is 0 Å². The molecule has 4 nitrogen and oxygen atoms in total. The highest BCUT2D eigenvalue weighted by molar-refractivity contribution is 6.31. The van der Waals surface area contributed by atoms with Crippen molar-refractivity contribution in [2.24, 2.45) is 0 Å². The summed E-state index contributed by atoms with van der Waals surface area (Å²) in [6.07, 6.45) is 0.790. The number of benzene rings is 2. The molecule has 2 amide bonds. The van der Waals surface area contributed by atoms with Crippen molar-refractivity contribution >= 4 is 23.4 Å². The molecule has 0 aromatic heterocycles. The van der Waals surface area contributed by atoms with E-state index < -0.39 is 6.04 Å². The Morgan fingerprint density at radius 1 is 1.04 bits per heavy atom. The predicted molar refractivity (Wildman–Crippen MR) is 105 cm³/mol. The van der Waals surface area contributed by atoms with E-state index in [1.807, 2.05) is 55.5 Å². The zero-order valence-corrected chi connectivity index (χ0v) is 16.0. The number of nitrogens with zero attached hydrogens (tertiary/aromatic N) is 1. The molecule has 138 valence electrons. The van der Waals surface area contributed by atoms with Crippen molar-refractivity contribution < 1.29 is 9.59 Å². The van der Waals surface area contributed by atoms with Crippen LogP contribution in [0.25, 0.3) is 0 Å². The molecular weight excluding hydrogens is 348 g/mol. The minimum Gasteiger partial charge on any atom is -0.355 e. The van der Waals surface area contributed by atoms with Gasteiger partial charge in [0, 0.05) is 31.0 Å². The SMILES string of the molecule is CCNC(=O)[C@@H](Cc1ccccc1)N(Cc1ccccc1Cl)C(=O)CC. The Balaban J connectivity index is 2.35. The maximum atomic E-state index is 12.7. The highest BCUT2D eigenvalue weighted by Crippen LogP contribution is 2.20. The van der Waals surface area contributed by atoms with Crippen LogP contribution in [-0.4, -0.2) is 29.3 Å². The maximum absolute atomic E-state index is 12.7. The van der Waals surface area contributed by atoms with E-state index in [0.29, 0.717) is 31.0 Å². The molecule has 2 aromatic carbocycles. The van der Waals surface area contributed by atoms with E-state index >= 15 is 0 Å². The number of amides is 2. The monoisotopic (exact) mass is 372 g/mol. The van der Waals surface area contributed by atoms with Crippen LogP contribution in [0.5, 0.6) is 0 Å². The van der Waals surface area contributed by atoms with Gasteiger partial charge in [0.1, 0.15) is 6.04 Å². The number of likely N-dealkylation sites (N-methyl/N-ethyl adjacent to an activating group) is 1. The molecule has 0 saturated heterocycles. The fourth-order valence-corrected chi connectivity index (χ4v) is 3.05. The highest BCUT2D eigenvalue weighted by Gasteiger charge is 2.29. The van der Waals surface area contributed by atoms with Crippen LogP contribution in [0.3, 0.4) is 0 Å². The number of carbonyl (C=O) groups is 2. The van der Waals surface area contributed by atoms with E-state index in [4.69, 9.17) is 11.6 Å². The van der Waals surface area contributed by atoms with Crippen LogP contribution in [-0.2, 0) is 22.6 Å². The molecule has 1 atom stereocenters. The molecule has 26 heavy (non-hydrogen) atoms. The van der Waals surface area contributed by atoms with Crippen molar-refractivity contribution in [2.45, 2.75) is 39.3 Å². The van der Waals surface area contributed by atoms with E-state index in [0.717, 1.165) is 11.1 Å². The topological polar surface area (TPSA) is 49.4 Å². The number of carbonyl (C=O) groups excluding carboxylic acids is 2. The first-order valence-electron chi connectivity index (χ1n) is 8.91. The molecule has 0 spiro atoms. The van der Waals surface area contributed by atoms with Crippen LogP contribution in [0.4, 0.5) is 0 Å². The Kier molecular flexibility index (Phi) is 7.67. The van der Waals surface area contributed by atoms with Gasteiger partial charge in [-0.3, -0.25) is 9.59 Å². The molecule has 0 unspecified atom stereocenters. The van der Waals surface area contributed by atoms with Gasteiger partial charge in [0.15, 0.2) is 0 Å². The van der Waals surface area contributed by atoms with Crippen LogP contribution in [0.1, 0.15) is 31.4 Å². The molecule has 0 aliphatic rings. The maximum Gasteiger partial charge on any atom is 0.243 e. The fraction of sp³-hybridized carbons (Fsp3) is 0.333. The van der Waals surface area contributed by atoms with Gasteiger partial charge in [0.05, 0.1) is 0 Å². The van der Waals surface area contributed by atoms with Gasteiger partial charge >= 0.3 is 0 Å². The summed E-state index contributed by atoms with van der Waals surface area (Å²) in [4.78, 5) is 27.1. The third kappa shape index (κ3) is 5.33. The second-order valence-electron chi connectivity index (χ2n) is 6.07. The first-order chi connectivity index (χ1) is 12.6. The second-order valence-corrected chi connectivity index (χ2v) is 6.47. The van der Waals surface area contributed by atoms with Gasteiger partial charge in [-0.1, -0.05) is 67.1 Å². The molecule has 0 heterocycles. The lowest BCUT2D eigenvalue weighted by Crippen LogP contribution is -2.50. The Labute approximate surface area is 160 Å². The van der Waals surface area contributed by atoms with E-state index in [2.05, 4.69) is 5.32 Å². The van der Waals surface area contributed by atoms with Crippen molar-refractivity contribution in [1.82, 2.24) is 10.2 Å². The summed E-state index contributed by atoms with van der Waals surface area (Å²) in [5.74, 6) is -0.220. The second kappa shape index (κ2) is 9.97. The summed E-state index contributed by atoms with van der Waals surface area (Å²) in [6, 6.07) is 16.6. The van der Waals surface area contributed by atoms with Crippen LogP contribution in [0, 0.1) is 0 Å². The van der Waals surface area contributed by atoms with E-state index in [-0.39, 0.29) is 11.8 Å². The third-order valence-corrected chi connectivity index (χ3v) is 4.59. The largest absolute Gasteiger partial charge is 0.355 e. The highest BCUT2D eigenvalue weighted by atomic mass is 35.5. The Morgan fingerprint density at radius 3 is 2.31 bits per heavy atom. The molecular formula is C21H25ClN2O2. The van der Waals surface area contributed by atoms with Crippen molar-refractivity contribution in [3.05, 3.63) is 70.7 Å². The van der Waals surface area contributed by atoms with Gasteiger partial charge < -0.3 is 10.2 Å². The summed E-state index contributed by atoms with van der Waals surface area (Å²) in [6.45, 7) is 4.50. The Bertz CT molecular complexity index is 734. The lowest BCUT2D eigenvalue weighted by atomic mass is 10.0. The van der Waals surface area contributed by atoms with Crippen LogP contribution in [0.15, 0.2) is 54.6 Å². The zero-order chi connectivity index (χ0) is 18.9. The fourth-order valence-electron chi connectivity index (χ4n) is 2.86. The summed E-state index contributed by atoms with van der Waals surface area (Å²) in [5, 5.41) is 3.45. The van der Waals surface area contributed by atoms with Crippen LogP contribution in [0.2, 0.25) is 5.02 Å². The number of hydrogen-bond acceptors (Lipinski definition) is 2. The molecule has 0 aliphatic heterocycles. The van der Waals surface area contributed by atoms with Crippen molar-refractivity contribution in [1.29, 1.82) is 0 Å². The first-order valence-corrected chi connectivity index (χ1v) is 9.29. The summed E-state index contributed by atoms with van der Waals surface area (Å²) in [7, 11) is 0. The zero-order valence-electron chi connectivity index (χ0n) is 15.2. The molecule has 1 N–H and O–H groups in total. The van der Waals surface area contributed by atoms with Crippen LogP contribution >= 0.6 is 11.6 Å². The summed E-state index contributed by atoms with van der Waals surface area (Å²) < 4.78 is 0. The van der Waals surface area contributed by atoms with E-state index in [9.17, 15) is 9.59 Å². The summed E-state index contributed by atoms with van der Waals surface area (Å²) in [5.41, 5.74) is 1.84. The summed E-state index contributed by atoms with van der Waals surface area (Å²) >= 11 is 6.28. The van der Waals surface area contributed by atoms with Crippen molar-refractivity contribution in [3.8, 4) is 0 Å². The minimum absolute atomic E-state index is 0.0721. The number of nitrogens with one attached hydrogen (secondary N) is 1.